The maximum absolute atomic E-state index is 11.3. The summed E-state index contributed by atoms with van der Waals surface area (Å²) < 4.78 is 15.9. The Morgan fingerprint density at radius 1 is 1.35 bits per heavy atom. The van der Waals surface area contributed by atoms with E-state index in [1.54, 1.807) is 0 Å². The zero-order valence-electron chi connectivity index (χ0n) is 12.0. The highest BCUT2D eigenvalue weighted by Gasteiger charge is 2.14. The molecule has 5 nitrogen and oxygen atoms in total. The topological polar surface area (TPSA) is 56.8 Å². The SMILES string of the molecule is CCOC(=O)CCNC(C)c1ccc2c(c1)OCCO2. The Balaban J connectivity index is 1.86. The van der Waals surface area contributed by atoms with E-state index in [2.05, 4.69) is 12.2 Å². The van der Waals surface area contributed by atoms with Gasteiger partial charge in [0.2, 0.25) is 0 Å². The summed E-state index contributed by atoms with van der Waals surface area (Å²) in [6.45, 7) is 6.06. The van der Waals surface area contributed by atoms with Gasteiger partial charge in [0.15, 0.2) is 11.5 Å². The van der Waals surface area contributed by atoms with Crippen LogP contribution in [0.1, 0.15) is 31.9 Å². The molecule has 1 unspecified atom stereocenters. The number of fused-ring (bicyclic) bond motifs is 1. The lowest BCUT2D eigenvalue weighted by atomic mass is 10.1. The highest BCUT2D eigenvalue weighted by molar-refractivity contribution is 5.69. The molecule has 1 aliphatic heterocycles. The van der Waals surface area contributed by atoms with Gasteiger partial charge < -0.3 is 19.5 Å². The maximum atomic E-state index is 11.3. The molecule has 110 valence electrons. The smallest absolute Gasteiger partial charge is 0.307 e. The van der Waals surface area contributed by atoms with E-state index in [4.69, 9.17) is 14.2 Å². The Bertz CT molecular complexity index is 461. The predicted octanol–water partition coefficient (Wildman–Crippen LogP) is 2.06. The van der Waals surface area contributed by atoms with Crippen LogP contribution in [0, 0.1) is 0 Å². The Morgan fingerprint density at radius 3 is 2.85 bits per heavy atom. The lowest BCUT2D eigenvalue weighted by molar-refractivity contribution is -0.143. The van der Waals surface area contributed by atoms with Crippen LogP contribution < -0.4 is 14.8 Å². The van der Waals surface area contributed by atoms with Crippen molar-refractivity contribution < 1.29 is 19.0 Å². The van der Waals surface area contributed by atoms with Gasteiger partial charge in [0, 0.05) is 12.6 Å². The Hall–Kier alpha value is -1.75. The minimum Gasteiger partial charge on any atom is -0.486 e. The molecule has 1 aromatic carbocycles. The zero-order valence-corrected chi connectivity index (χ0v) is 12.0. The molecule has 1 atom stereocenters. The first-order chi connectivity index (χ1) is 9.70. The average Bonchev–Trinajstić information content (AvgIpc) is 2.47. The van der Waals surface area contributed by atoms with E-state index < -0.39 is 0 Å². The Morgan fingerprint density at radius 2 is 2.10 bits per heavy atom. The van der Waals surface area contributed by atoms with Crippen LogP contribution in [-0.4, -0.2) is 32.3 Å². The quantitative estimate of drug-likeness (QED) is 0.808. The van der Waals surface area contributed by atoms with Gasteiger partial charge in [-0.3, -0.25) is 4.79 Å². The van der Waals surface area contributed by atoms with Gasteiger partial charge in [-0.15, -0.1) is 0 Å². The van der Waals surface area contributed by atoms with E-state index in [9.17, 15) is 4.79 Å². The molecule has 20 heavy (non-hydrogen) atoms. The van der Waals surface area contributed by atoms with Crippen LogP contribution in [0.2, 0.25) is 0 Å². The molecule has 0 aromatic heterocycles. The highest BCUT2D eigenvalue weighted by Crippen LogP contribution is 2.32. The molecule has 0 saturated carbocycles. The monoisotopic (exact) mass is 279 g/mol. The number of hydrogen-bond acceptors (Lipinski definition) is 5. The molecule has 5 heteroatoms. The molecule has 0 aliphatic carbocycles. The second kappa shape index (κ2) is 7.14. The molecule has 0 radical (unpaired) electrons. The highest BCUT2D eigenvalue weighted by atomic mass is 16.6. The van der Waals surface area contributed by atoms with Crippen LogP contribution in [-0.2, 0) is 9.53 Å². The van der Waals surface area contributed by atoms with Gasteiger partial charge in [0.05, 0.1) is 13.0 Å². The molecule has 0 saturated heterocycles. The molecule has 1 aromatic rings. The van der Waals surface area contributed by atoms with E-state index >= 15 is 0 Å². The first-order valence-electron chi connectivity index (χ1n) is 6.99. The van der Waals surface area contributed by atoms with Gasteiger partial charge >= 0.3 is 5.97 Å². The van der Waals surface area contributed by atoms with Gasteiger partial charge in [-0.05, 0) is 31.5 Å². The van der Waals surface area contributed by atoms with Crippen LogP contribution in [0.4, 0.5) is 0 Å². The lowest BCUT2D eigenvalue weighted by Crippen LogP contribution is -2.23. The van der Waals surface area contributed by atoms with Gasteiger partial charge in [0.1, 0.15) is 13.2 Å². The van der Waals surface area contributed by atoms with Crippen LogP contribution in [0.5, 0.6) is 11.5 Å². The van der Waals surface area contributed by atoms with Gasteiger partial charge in [-0.2, -0.15) is 0 Å². The summed E-state index contributed by atoms with van der Waals surface area (Å²) in [5.41, 5.74) is 1.11. The number of rotatable bonds is 6. The largest absolute Gasteiger partial charge is 0.486 e. The zero-order chi connectivity index (χ0) is 14.4. The summed E-state index contributed by atoms with van der Waals surface area (Å²) in [6, 6.07) is 6.06. The second-order valence-electron chi connectivity index (χ2n) is 4.63. The standard InChI is InChI=1S/C15H21NO4/c1-3-18-15(17)6-7-16-11(2)12-4-5-13-14(10-12)20-9-8-19-13/h4-5,10-11,16H,3,6-9H2,1-2H3. The van der Waals surface area contributed by atoms with Crippen LogP contribution in [0.15, 0.2) is 18.2 Å². The summed E-state index contributed by atoms with van der Waals surface area (Å²) in [4.78, 5) is 11.3. The lowest BCUT2D eigenvalue weighted by Gasteiger charge is -2.21. The van der Waals surface area contributed by atoms with E-state index in [0.29, 0.717) is 32.8 Å². The number of carbonyl (C=O) groups excluding carboxylic acids is 1. The third kappa shape index (κ3) is 3.87. The van der Waals surface area contributed by atoms with Crippen molar-refractivity contribution in [1.82, 2.24) is 5.32 Å². The molecule has 2 rings (SSSR count). The molecule has 0 bridgehead atoms. The predicted molar refractivity (Wildman–Crippen MR) is 75.1 cm³/mol. The molecule has 1 N–H and O–H groups in total. The van der Waals surface area contributed by atoms with E-state index in [1.807, 2.05) is 25.1 Å². The molecule has 0 fully saturated rings. The van der Waals surface area contributed by atoms with Crippen molar-refractivity contribution in [3.8, 4) is 11.5 Å². The second-order valence-corrected chi connectivity index (χ2v) is 4.63. The normalized spacial score (nSPS) is 14.7. The first-order valence-corrected chi connectivity index (χ1v) is 6.99. The third-order valence-corrected chi connectivity index (χ3v) is 3.15. The van der Waals surface area contributed by atoms with Crippen molar-refractivity contribution in [1.29, 1.82) is 0 Å². The van der Waals surface area contributed by atoms with Crippen molar-refractivity contribution in [2.24, 2.45) is 0 Å². The summed E-state index contributed by atoms with van der Waals surface area (Å²) in [5.74, 6) is 1.40. The van der Waals surface area contributed by atoms with Crippen molar-refractivity contribution in [2.75, 3.05) is 26.4 Å². The van der Waals surface area contributed by atoms with E-state index in [1.165, 1.54) is 0 Å². The summed E-state index contributed by atoms with van der Waals surface area (Å²) in [5, 5.41) is 3.30. The van der Waals surface area contributed by atoms with Crippen LogP contribution in [0.3, 0.4) is 0 Å². The number of carbonyl (C=O) groups is 1. The molecular formula is C15H21NO4. The van der Waals surface area contributed by atoms with Gasteiger partial charge in [0.25, 0.3) is 0 Å². The average molecular weight is 279 g/mol. The number of ether oxygens (including phenoxy) is 3. The Labute approximate surface area is 119 Å². The van der Waals surface area contributed by atoms with Crippen molar-refractivity contribution >= 4 is 5.97 Å². The van der Waals surface area contributed by atoms with Crippen LogP contribution >= 0.6 is 0 Å². The minimum absolute atomic E-state index is 0.139. The van der Waals surface area contributed by atoms with Crippen molar-refractivity contribution in [2.45, 2.75) is 26.3 Å². The van der Waals surface area contributed by atoms with E-state index in [-0.39, 0.29) is 12.0 Å². The fourth-order valence-electron chi connectivity index (χ4n) is 2.07. The number of benzene rings is 1. The van der Waals surface area contributed by atoms with Gasteiger partial charge in [-0.25, -0.2) is 0 Å². The third-order valence-electron chi connectivity index (χ3n) is 3.15. The fraction of sp³-hybridized carbons (Fsp3) is 0.533. The molecule has 0 amide bonds. The minimum atomic E-state index is -0.172. The van der Waals surface area contributed by atoms with Gasteiger partial charge in [-0.1, -0.05) is 6.07 Å². The fourth-order valence-corrected chi connectivity index (χ4v) is 2.07. The summed E-state index contributed by atoms with van der Waals surface area (Å²) in [7, 11) is 0. The van der Waals surface area contributed by atoms with E-state index in [0.717, 1.165) is 17.1 Å². The first kappa shape index (κ1) is 14.7. The van der Waals surface area contributed by atoms with Crippen molar-refractivity contribution in [3.05, 3.63) is 23.8 Å². The van der Waals surface area contributed by atoms with Crippen molar-refractivity contribution in [3.63, 3.8) is 0 Å². The molecule has 0 spiro atoms. The molecule has 1 heterocycles. The summed E-state index contributed by atoms with van der Waals surface area (Å²) in [6.07, 6.45) is 0.378. The van der Waals surface area contributed by atoms with Crippen LogP contribution in [0.25, 0.3) is 0 Å². The maximum Gasteiger partial charge on any atom is 0.307 e. The summed E-state index contributed by atoms with van der Waals surface area (Å²) >= 11 is 0. The number of esters is 1. The Kier molecular flexibility index (Phi) is 5.24. The number of nitrogens with one attached hydrogen (secondary N) is 1. The molecule has 1 aliphatic rings. The molecular weight excluding hydrogens is 258 g/mol. The number of hydrogen-bond donors (Lipinski definition) is 1.